The number of hydrogen-bond acceptors (Lipinski definition) is 4. The molecule has 4 rings (SSSR count). The first-order chi connectivity index (χ1) is 18.1. The Morgan fingerprint density at radius 2 is 1.54 bits per heavy atom. The Morgan fingerprint density at radius 3 is 2.19 bits per heavy atom. The molecule has 1 saturated carbocycles. The number of hydrogen-bond donors (Lipinski definition) is 4. The number of carbonyl (C=O) groups excluding carboxylic acids is 1. The number of primary amides is 1. The van der Waals surface area contributed by atoms with Crippen molar-refractivity contribution in [3.05, 3.63) is 83.9 Å². The molecule has 2 aliphatic rings. The van der Waals surface area contributed by atoms with Crippen LogP contribution in [0.1, 0.15) is 88.2 Å². The van der Waals surface area contributed by atoms with Crippen LogP contribution in [0, 0.1) is 11.3 Å². The minimum Gasteiger partial charge on any atom is -0.370 e. The summed E-state index contributed by atoms with van der Waals surface area (Å²) >= 11 is 0. The number of unbranched alkanes of at least 4 members (excludes halogenated alkanes) is 6. The van der Waals surface area contributed by atoms with E-state index >= 15 is 0 Å². The highest BCUT2D eigenvalue weighted by atomic mass is 16.1. The van der Waals surface area contributed by atoms with E-state index in [1.807, 2.05) is 0 Å². The number of fused-ring (bicyclic) bond motifs is 1. The van der Waals surface area contributed by atoms with Gasteiger partial charge in [-0.1, -0.05) is 105 Å². The van der Waals surface area contributed by atoms with Crippen molar-refractivity contribution in [3.8, 4) is 0 Å². The summed E-state index contributed by atoms with van der Waals surface area (Å²) in [6.07, 6.45) is 13.0. The molecule has 0 aromatic heterocycles. The molecule has 0 aliphatic heterocycles. The quantitative estimate of drug-likeness (QED) is 0.131. The Balaban J connectivity index is 1.53. The third-order valence-electron chi connectivity index (χ3n) is 8.63. The molecule has 0 heterocycles. The number of carbonyl (C=O) groups is 1. The average molecular weight is 501 g/mol. The predicted octanol–water partition coefficient (Wildman–Crippen LogP) is 6.29. The van der Waals surface area contributed by atoms with Crippen molar-refractivity contribution in [2.75, 3.05) is 0 Å². The zero-order valence-electron chi connectivity index (χ0n) is 22.2. The van der Waals surface area contributed by atoms with Gasteiger partial charge in [-0.2, -0.15) is 5.53 Å². The lowest BCUT2D eigenvalue weighted by atomic mass is 9.66. The minimum atomic E-state index is -0.184. The summed E-state index contributed by atoms with van der Waals surface area (Å²) < 4.78 is 0. The molecule has 3 unspecified atom stereocenters. The molecule has 2 aliphatic carbocycles. The maximum absolute atomic E-state index is 10.9. The number of nitrogens with two attached hydrogens (primary N) is 2. The number of nitrogens with one attached hydrogen (secondary N) is 2. The molecule has 0 saturated heterocycles. The number of amides is 1. The Morgan fingerprint density at radius 1 is 0.919 bits per heavy atom. The van der Waals surface area contributed by atoms with Crippen molar-refractivity contribution < 1.29 is 4.79 Å². The topological polar surface area (TPSA) is 93.2 Å². The van der Waals surface area contributed by atoms with Gasteiger partial charge in [-0.25, -0.2) is 5.43 Å². The maximum Gasteiger partial charge on any atom is 0.217 e. The molecule has 5 nitrogen and oxygen atoms in total. The van der Waals surface area contributed by atoms with E-state index in [1.165, 1.54) is 54.4 Å². The van der Waals surface area contributed by atoms with Crippen LogP contribution in [0.15, 0.2) is 72.8 Å². The van der Waals surface area contributed by atoms with Gasteiger partial charge in [0, 0.05) is 17.9 Å². The van der Waals surface area contributed by atoms with E-state index in [1.54, 1.807) is 5.57 Å². The second kappa shape index (κ2) is 13.2. The molecule has 2 aromatic rings. The predicted molar refractivity (Wildman–Crippen MR) is 154 cm³/mol. The van der Waals surface area contributed by atoms with E-state index < -0.39 is 0 Å². The summed E-state index contributed by atoms with van der Waals surface area (Å²) in [4.78, 5) is 10.9. The van der Waals surface area contributed by atoms with Gasteiger partial charge in [0.25, 0.3) is 0 Å². The zero-order valence-corrected chi connectivity index (χ0v) is 22.2. The van der Waals surface area contributed by atoms with Crippen LogP contribution in [-0.4, -0.2) is 11.9 Å². The van der Waals surface area contributed by atoms with E-state index in [0.29, 0.717) is 18.4 Å². The van der Waals surface area contributed by atoms with Crippen LogP contribution in [0.4, 0.5) is 0 Å². The molecule has 2 aromatic carbocycles. The van der Waals surface area contributed by atoms with Crippen molar-refractivity contribution in [3.63, 3.8) is 0 Å². The van der Waals surface area contributed by atoms with Crippen LogP contribution in [0.2, 0.25) is 0 Å². The van der Waals surface area contributed by atoms with Crippen LogP contribution in [0.25, 0.3) is 11.1 Å². The molecule has 0 bridgehead atoms. The van der Waals surface area contributed by atoms with Crippen LogP contribution >= 0.6 is 0 Å². The fourth-order valence-corrected chi connectivity index (χ4v) is 6.94. The highest BCUT2D eigenvalue weighted by Crippen LogP contribution is 2.66. The van der Waals surface area contributed by atoms with E-state index in [2.05, 4.69) is 71.6 Å². The molecular weight excluding hydrogens is 456 g/mol. The van der Waals surface area contributed by atoms with Crippen molar-refractivity contribution in [1.82, 2.24) is 11.0 Å². The monoisotopic (exact) mass is 500 g/mol. The Kier molecular flexibility index (Phi) is 9.73. The number of hydrazine groups is 2. The van der Waals surface area contributed by atoms with Gasteiger partial charge < -0.3 is 5.73 Å². The average Bonchev–Trinajstić information content (AvgIpc) is 3.43. The zero-order chi connectivity index (χ0) is 26.1. The number of benzene rings is 2. The van der Waals surface area contributed by atoms with Crippen molar-refractivity contribution in [2.24, 2.45) is 22.9 Å². The van der Waals surface area contributed by atoms with Crippen molar-refractivity contribution >= 4 is 17.1 Å². The smallest absolute Gasteiger partial charge is 0.217 e. The van der Waals surface area contributed by atoms with Crippen molar-refractivity contribution in [2.45, 2.75) is 83.1 Å². The second-order valence-corrected chi connectivity index (χ2v) is 10.8. The van der Waals surface area contributed by atoms with Gasteiger partial charge in [0.15, 0.2) is 0 Å². The minimum absolute atomic E-state index is 0.0903. The largest absolute Gasteiger partial charge is 0.370 e. The van der Waals surface area contributed by atoms with Crippen LogP contribution < -0.4 is 22.5 Å². The summed E-state index contributed by atoms with van der Waals surface area (Å²) in [6.45, 7) is 4.76. The van der Waals surface area contributed by atoms with Crippen LogP contribution in [0.3, 0.4) is 0 Å². The lowest BCUT2D eigenvalue weighted by molar-refractivity contribution is -0.118. The highest BCUT2D eigenvalue weighted by molar-refractivity contribution is 5.90. The van der Waals surface area contributed by atoms with Gasteiger partial charge in [0.05, 0.1) is 0 Å². The van der Waals surface area contributed by atoms with Gasteiger partial charge >= 0.3 is 0 Å². The van der Waals surface area contributed by atoms with Gasteiger partial charge in [-0.3, -0.25) is 10.6 Å². The normalized spacial score (nSPS) is 22.8. The Hall–Kier alpha value is -2.73. The summed E-state index contributed by atoms with van der Waals surface area (Å²) in [5.74, 6) is 5.99. The van der Waals surface area contributed by atoms with E-state index in [4.69, 9.17) is 18.2 Å². The first kappa shape index (κ1) is 27.3. The van der Waals surface area contributed by atoms with Gasteiger partial charge in [-0.05, 0) is 66.7 Å². The molecule has 6 N–H and O–H groups in total. The summed E-state index contributed by atoms with van der Waals surface area (Å²) in [5, 5.41) is 0. The van der Waals surface area contributed by atoms with Crippen LogP contribution in [-0.2, 0) is 4.79 Å². The fraction of sp³-hybridized carbons (Fsp3) is 0.469. The SMILES string of the molecule is C=C(c1ccccc1)C12CCC(NNN)C1CC(CCCCCCCCCC(N)=O)=C2c1ccccc1. The molecule has 37 heavy (non-hydrogen) atoms. The van der Waals surface area contributed by atoms with E-state index in [0.717, 1.165) is 38.5 Å². The molecular formula is C32H44N4O. The maximum atomic E-state index is 10.9. The summed E-state index contributed by atoms with van der Waals surface area (Å²) in [5.41, 5.74) is 18.2. The number of allylic oxidation sites excluding steroid dienone is 3. The lowest BCUT2D eigenvalue weighted by Crippen LogP contribution is -2.48. The third kappa shape index (κ3) is 6.23. The molecule has 0 spiro atoms. The third-order valence-corrected chi connectivity index (χ3v) is 8.63. The van der Waals surface area contributed by atoms with Crippen LogP contribution in [0.5, 0.6) is 0 Å². The first-order valence-corrected chi connectivity index (χ1v) is 14.1. The van der Waals surface area contributed by atoms with Gasteiger partial charge in [-0.15, -0.1) is 0 Å². The van der Waals surface area contributed by atoms with E-state index in [9.17, 15) is 4.79 Å². The second-order valence-electron chi connectivity index (χ2n) is 10.8. The van der Waals surface area contributed by atoms with Gasteiger partial charge in [0.1, 0.15) is 0 Å². The summed E-state index contributed by atoms with van der Waals surface area (Å²) in [7, 11) is 0. The number of rotatable bonds is 15. The molecule has 5 heteroatoms. The lowest BCUT2D eigenvalue weighted by Gasteiger charge is -2.37. The highest BCUT2D eigenvalue weighted by Gasteiger charge is 2.56. The molecule has 1 amide bonds. The van der Waals surface area contributed by atoms with Gasteiger partial charge in [0.2, 0.25) is 5.91 Å². The van der Waals surface area contributed by atoms with E-state index in [-0.39, 0.29) is 11.3 Å². The molecule has 1 fully saturated rings. The molecule has 198 valence electrons. The molecule has 0 radical (unpaired) electrons. The first-order valence-electron chi connectivity index (χ1n) is 14.1. The van der Waals surface area contributed by atoms with Crippen molar-refractivity contribution in [1.29, 1.82) is 0 Å². The Labute approximate surface area is 222 Å². The fourth-order valence-electron chi connectivity index (χ4n) is 6.94. The Bertz CT molecular complexity index is 1060. The standard InChI is InChI=1S/C32H44N4O/c1-24(25-15-10-7-11-16-25)32-22-21-29(35-36-34)28(32)23-27(31(32)26-17-12-8-13-18-26)19-9-5-3-2-4-6-14-20-30(33)37/h7-8,10-13,15-18,28-29,35-36H,1-6,9,14,19-23,34H2,(H2,33,37). The molecule has 3 atom stereocenters. The summed E-state index contributed by atoms with van der Waals surface area (Å²) in [6, 6.07) is 22.0.